The molecule has 5 heteroatoms. The van der Waals surface area contributed by atoms with Crippen LogP contribution >= 0.6 is 0 Å². The van der Waals surface area contributed by atoms with Crippen LogP contribution in [0.3, 0.4) is 0 Å². The first-order valence-corrected chi connectivity index (χ1v) is 10.3. The number of carbonyl (C=O) groups is 1. The van der Waals surface area contributed by atoms with Crippen LogP contribution in [0.15, 0.2) is 78.9 Å². The van der Waals surface area contributed by atoms with E-state index in [0.29, 0.717) is 18.0 Å². The Morgan fingerprint density at radius 2 is 1.73 bits per heavy atom. The van der Waals surface area contributed by atoms with Crippen molar-refractivity contribution in [3.8, 4) is 11.5 Å². The van der Waals surface area contributed by atoms with Crippen LogP contribution in [0.1, 0.15) is 18.4 Å². The number of para-hydroxylation sites is 3. The summed E-state index contributed by atoms with van der Waals surface area (Å²) in [6.07, 6.45) is 1.81. The van der Waals surface area contributed by atoms with Crippen molar-refractivity contribution in [2.75, 3.05) is 18.4 Å². The van der Waals surface area contributed by atoms with E-state index in [1.54, 1.807) is 12.1 Å². The molecule has 1 unspecified atom stereocenters. The highest BCUT2D eigenvalue weighted by Gasteiger charge is 2.26. The van der Waals surface area contributed by atoms with Crippen LogP contribution < -0.4 is 10.1 Å². The Bertz CT molecular complexity index is 976. The Morgan fingerprint density at radius 1 is 1.00 bits per heavy atom. The number of piperidine rings is 1. The number of halogens is 1. The van der Waals surface area contributed by atoms with Crippen molar-refractivity contribution in [3.63, 3.8) is 0 Å². The maximum Gasteiger partial charge on any atom is 0.228 e. The summed E-state index contributed by atoms with van der Waals surface area (Å²) >= 11 is 0. The molecule has 1 heterocycles. The summed E-state index contributed by atoms with van der Waals surface area (Å²) in [5.74, 6) is 1.02. The van der Waals surface area contributed by atoms with E-state index in [4.69, 9.17) is 4.74 Å². The zero-order chi connectivity index (χ0) is 20.8. The molecule has 154 valence electrons. The molecule has 0 aliphatic carbocycles. The molecule has 0 saturated carbocycles. The molecule has 0 radical (unpaired) electrons. The number of nitrogens with one attached hydrogen (secondary N) is 1. The molecule has 0 aromatic heterocycles. The van der Waals surface area contributed by atoms with Gasteiger partial charge in [-0.25, -0.2) is 4.39 Å². The Labute approximate surface area is 176 Å². The molecule has 1 atom stereocenters. The van der Waals surface area contributed by atoms with Crippen molar-refractivity contribution in [1.29, 1.82) is 0 Å². The zero-order valence-corrected chi connectivity index (χ0v) is 16.8. The van der Waals surface area contributed by atoms with Crippen LogP contribution in [-0.4, -0.2) is 23.9 Å². The van der Waals surface area contributed by atoms with E-state index >= 15 is 0 Å². The molecule has 1 fully saturated rings. The molecular formula is C25H25FN2O2. The largest absolute Gasteiger partial charge is 0.455 e. The number of hydrogen-bond acceptors (Lipinski definition) is 3. The van der Waals surface area contributed by atoms with Gasteiger partial charge in [0.25, 0.3) is 0 Å². The molecule has 1 amide bonds. The highest BCUT2D eigenvalue weighted by molar-refractivity contribution is 5.94. The number of ether oxygens (including phenoxy) is 1. The van der Waals surface area contributed by atoms with Gasteiger partial charge in [-0.1, -0.05) is 42.5 Å². The number of carbonyl (C=O) groups excluding carboxylic acids is 1. The summed E-state index contributed by atoms with van der Waals surface area (Å²) in [5, 5.41) is 3.05. The Balaban J connectivity index is 1.39. The minimum atomic E-state index is -0.231. The molecule has 0 spiro atoms. The van der Waals surface area contributed by atoms with Gasteiger partial charge in [-0.05, 0) is 61.3 Å². The predicted molar refractivity (Wildman–Crippen MR) is 116 cm³/mol. The third-order valence-electron chi connectivity index (χ3n) is 5.31. The van der Waals surface area contributed by atoms with Gasteiger partial charge >= 0.3 is 0 Å². The Hall–Kier alpha value is -3.18. The predicted octanol–water partition coefficient (Wildman–Crippen LogP) is 5.47. The smallest absolute Gasteiger partial charge is 0.228 e. The number of anilines is 1. The second kappa shape index (κ2) is 9.55. The normalized spacial score (nSPS) is 16.8. The summed E-state index contributed by atoms with van der Waals surface area (Å²) in [6, 6.07) is 23.6. The van der Waals surface area contributed by atoms with Gasteiger partial charge in [-0.3, -0.25) is 9.69 Å². The Morgan fingerprint density at radius 3 is 2.53 bits per heavy atom. The van der Waals surface area contributed by atoms with Gasteiger partial charge in [-0.2, -0.15) is 0 Å². The van der Waals surface area contributed by atoms with Crippen molar-refractivity contribution in [1.82, 2.24) is 4.90 Å². The fourth-order valence-electron chi connectivity index (χ4n) is 3.77. The first kappa shape index (κ1) is 20.1. The topological polar surface area (TPSA) is 41.6 Å². The fourth-order valence-corrected chi connectivity index (χ4v) is 3.77. The van der Waals surface area contributed by atoms with Crippen LogP contribution in [0.2, 0.25) is 0 Å². The van der Waals surface area contributed by atoms with Gasteiger partial charge in [-0.15, -0.1) is 0 Å². The van der Waals surface area contributed by atoms with E-state index in [1.165, 1.54) is 12.1 Å². The first-order valence-electron chi connectivity index (χ1n) is 10.3. The molecule has 1 aliphatic rings. The van der Waals surface area contributed by atoms with Gasteiger partial charge in [0, 0.05) is 13.1 Å². The highest BCUT2D eigenvalue weighted by atomic mass is 19.1. The average molecular weight is 404 g/mol. The standard InChI is InChI=1S/C25H25FN2O2/c26-21-14-12-19(13-15-21)17-28-16-6-7-20(18-28)25(29)27-23-10-4-5-11-24(23)30-22-8-2-1-3-9-22/h1-5,8-15,20H,6-7,16-18H2,(H,27,29). The van der Waals surface area contributed by atoms with Gasteiger partial charge in [0.05, 0.1) is 11.6 Å². The number of amides is 1. The summed E-state index contributed by atoms with van der Waals surface area (Å²) in [7, 11) is 0. The van der Waals surface area contributed by atoms with E-state index in [-0.39, 0.29) is 17.6 Å². The number of likely N-dealkylation sites (tertiary alicyclic amines) is 1. The molecule has 4 nitrogen and oxygen atoms in total. The molecule has 0 bridgehead atoms. The third kappa shape index (κ3) is 5.24. The summed E-state index contributed by atoms with van der Waals surface area (Å²) < 4.78 is 19.1. The van der Waals surface area contributed by atoms with Gasteiger partial charge in [0.2, 0.25) is 5.91 Å². The van der Waals surface area contributed by atoms with Gasteiger partial charge in [0.1, 0.15) is 11.6 Å². The number of rotatable bonds is 6. The monoisotopic (exact) mass is 404 g/mol. The van der Waals surface area contributed by atoms with Crippen molar-refractivity contribution < 1.29 is 13.9 Å². The highest BCUT2D eigenvalue weighted by Crippen LogP contribution is 2.30. The second-order valence-electron chi connectivity index (χ2n) is 7.60. The maximum absolute atomic E-state index is 13.1. The lowest BCUT2D eigenvalue weighted by Gasteiger charge is -2.32. The van der Waals surface area contributed by atoms with Crippen LogP contribution in [-0.2, 0) is 11.3 Å². The average Bonchev–Trinajstić information content (AvgIpc) is 2.78. The first-order chi connectivity index (χ1) is 14.7. The van der Waals surface area contributed by atoms with Crippen molar-refractivity contribution in [3.05, 3.63) is 90.2 Å². The lowest BCUT2D eigenvalue weighted by atomic mass is 9.96. The lowest BCUT2D eigenvalue weighted by molar-refractivity contribution is -0.121. The molecule has 3 aromatic carbocycles. The number of benzene rings is 3. The summed E-state index contributed by atoms with van der Waals surface area (Å²) in [6.45, 7) is 2.34. The van der Waals surface area contributed by atoms with E-state index in [9.17, 15) is 9.18 Å². The quantitative estimate of drug-likeness (QED) is 0.592. The SMILES string of the molecule is O=C(Nc1ccccc1Oc1ccccc1)C1CCCN(Cc2ccc(F)cc2)C1. The molecule has 30 heavy (non-hydrogen) atoms. The molecule has 3 aromatic rings. The molecule has 1 aliphatic heterocycles. The van der Waals surface area contributed by atoms with E-state index < -0.39 is 0 Å². The third-order valence-corrected chi connectivity index (χ3v) is 5.31. The van der Waals surface area contributed by atoms with Gasteiger partial charge < -0.3 is 10.1 Å². The van der Waals surface area contributed by atoms with Crippen molar-refractivity contribution in [2.24, 2.45) is 5.92 Å². The van der Waals surface area contributed by atoms with Crippen LogP contribution in [0.5, 0.6) is 11.5 Å². The van der Waals surface area contributed by atoms with Crippen LogP contribution in [0.25, 0.3) is 0 Å². The number of hydrogen-bond donors (Lipinski definition) is 1. The molecule has 4 rings (SSSR count). The van der Waals surface area contributed by atoms with Crippen LogP contribution in [0.4, 0.5) is 10.1 Å². The minimum absolute atomic E-state index is 0.00270. The summed E-state index contributed by atoms with van der Waals surface area (Å²) in [5.41, 5.74) is 1.72. The molecule has 1 saturated heterocycles. The van der Waals surface area contributed by atoms with Gasteiger partial charge in [0.15, 0.2) is 5.75 Å². The van der Waals surface area contributed by atoms with E-state index in [2.05, 4.69) is 10.2 Å². The number of nitrogens with zero attached hydrogens (tertiary/aromatic N) is 1. The lowest BCUT2D eigenvalue weighted by Crippen LogP contribution is -2.40. The zero-order valence-electron chi connectivity index (χ0n) is 16.8. The van der Waals surface area contributed by atoms with Crippen molar-refractivity contribution >= 4 is 11.6 Å². The summed E-state index contributed by atoms with van der Waals surface area (Å²) in [4.78, 5) is 15.2. The Kier molecular flexibility index (Phi) is 6.40. The van der Waals surface area contributed by atoms with E-state index in [0.717, 1.165) is 37.2 Å². The van der Waals surface area contributed by atoms with Crippen LogP contribution in [0, 0.1) is 11.7 Å². The fraction of sp³-hybridized carbons (Fsp3) is 0.240. The maximum atomic E-state index is 13.1. The van der Waals surface area contributed by atoms with E-state index in [1.807, 2.05) is 54.6 Å². The minimum Gasteiger partial charge on any atom is -0.455 e. The molecule has 1 N–H and O–H groups in total. The van der Waals surface area contributed by atoms with Crippen molar-refractivity contribution in [2.45, 2.75) is 19.4 Å². The second-order valence-corrected chi connectivity index (χ2v) is 7.60. The molecular weight excluding hydrogens is 379 g/mol.